The Morgan fingerprint density at radius 3 is 2.69 bits per heavy atom. The Balaban J connectivity index is 1.57. The van der Waals surface area contributed by atoms with Gasteiger partial charge in [-0.1, -0.05) is 18.2 Å². The number of nitrogens with one attached hydrogen (secondary N) is 2. The summed E-state index contributed by atoms with van der Waals surface area (Å²) in [4.78, 5) is 28.0. The predicted molar refractivity (Wildman–Crippen MR) is 105 cm³/mol. The van der Waals surface area contributed by atoms with Crippen LogP contribution in [0.1, 0.15) is 11.1 Å². The number of rotatable bonds is 6. The fourth-order valence-electron chi connectivity index (χ4n) is 2.69. The molecule has 0 saturated heterocycles. The Labute approximate surface area is 167 Å². The molecular weight excluding hydrogens is 398 g/mol. The van der Waals surface area contributed by atoms with E-state index in [4.69, 9.17) is 9.47 Å². The van der Waals surface area contributed by atoms with Crippen molar-refractivity contribution in [2.24, 2.45) is 4.99 Å². The Hall–Kier alpha value is -3.40. The molecule has 1 aliphatic heterocycles. The van der Waals surface area contributed by atoms with Crippen molar-refractivity contribution in [3.63, 3.8) is 0 Å². The van der Waals surface area contributed by atoms with E-state index in [2.05, 4.69) is 15.0 Å². The van der Waals surface area contributed by atoms with Gasteiger partial charge in [0, 0.05) is 5.56 Å². The maximum Gasteiger partial charge on any atom is 0.328 e. The van der Waals surface area contributed by atoms with Gasteiger partial charge in [0.1, 0.15) is 18.1 Å². The van der Waals surface area contributed by atoms with Crippen molar-refractivity contribution in [2.75, 3.05) is 25.6 Å². The van der Waals surface area contributed by atoms with Gasteiger partial charge < -0.3 is 14.8 Å². The molecule has 0 spiro atoms. The summed E-state index contributed by atoms with van der Waals surface area (Å²) in [5.74, 6) is -0.769. The second kappa shape index (κ2) is 8.31. The molecule has 10 heteroatoms. The number of amidine groups is 1. The van der Waals surface area contributed by atoms with Crippen LogP contribution in [0.2, 0.25) is 0 Å². The summed E-state index contributed by atoms with van der Waals surface area (Å²) in [6, 6.07) is 11.6. The molecule has 2 aromatic carbocycles. The normalized spacial score (nSPS) is 15.3. The summed E-state index contributed by atoms with van der Waals surface area (Å²) >= 11 is 0. The van der Waals surface area contributed by atoms with Crippen molar-refractivity contribution in [2.45, 2.75) is 11.8 Å². The van der Waals surface area contributed by atoms with Crippen molar-refractivity contribution in [1.82, 2.24) is 4.72 Å². The van der Waals surface area contributed by atoms with Crippen LogP contribution in [0.15, 0.2) is 52.4 Å². The van der Waals surface area contributed by atoms with Crippen LogP contribution in [0.25, 0.3) is 0 Å². The number of hydrogen-bond donors (Lipinski definition) is 2. The number of esters is 1. The topological polar surface area (TPSA) is 123 Å². The molecule has 0 radical (unpaired) electrons. The average molecular weight is 417 g/mol. The zero-order valence-corrected chi connectivity index (χ0v) is 16.6. The SMILES string of the molecule is COc1ccc(C)cc1NC(=O)COC(=O)CN=C1NS(=O)(=O)c2ccccc21. The molecular formula is C19H19N3O6S. The van der Waals surface area contributed by atoms with Gasteiger partial charge in [0.15, 0.2) is 6.61 Å². The lowest BCUT2D eigenvalue weighted by molar-refractivity contribution is -0.145. The largest absolute Gasteiger partial charge is 0.495 e. The van der Waals surface area contributed by atoms with Crippen molar-refractivity contribution in [3.05, 3.63) is 53.6 Å². The fourth-order valence-corrected chi connectivity index (χ4v) is 3.94. The molecule has 0 atom stereocenters. The number of amides is 1. The first-order valence-electron chi connectivity index (χ1n) is 8.57. The minimum atomic E-state index is -3.68. The Morgan fingerprint density at radius 2 is 1.93 bits per heavy atom. The van der Waals surface area contributed by atoms with E-state index in [-0.39, 0.29) is 10.7 Å². The van der Waals surface area contributed by atoms with Crippen molar-refractivity contribution in [1.29, 1.82) is 0 Å². The van der Waals surface area contributed by atoms with Crippen LogP contribution in [0.3, 0.4) is 0 Å². The number of carbonyl (C=O) groups is 2. The molecule has 0 saturated carbocycles. The van der Waals surface area contributed by atoms with Crippen LogP contribution in [0.4, 0.5) is 5.69 Å². The number of methoxy groups -OCH3 is 1. The number of anilines is 1. The summed E-state index contributed by atoms with van der Waals surface area (Å²) in [5, 5.41) is 2.61. The number of benzene rings is 2. The number of ether oxygens (including phenoxy) is 2. The fraction of sp³-hybridized carbons (Fsp3) is 0.211. The Kier molecular flexibility index (Phi) is 5.83. The predicted octanol–water partition coefficient (Wildman–Crippen LogP) is 1.22. The number of nitrogens with zero attached hydrogens (tertiary/aromatic N) is 1. The second-order valence-electron chi connectivity index (χ2n) is 6.18. The molecule has 0 bridgehead atoms. The highest BCUT2D eigenvalue weighted by Gasteiger charge is 2.30. The zero-order chi connectivity index (χ0) is 21.0. The van der Waals surface area contributed by atoms with Crippen LogP contribution in [-0.2, 0) is 24.3 Å². The molecule has 29 heavy (non-hydrogen) atoms. The summed E-state index contributed by atoms with van der Waals surface area (Å²) in [6.45, 7) is 0.917. The maximum atomic E-state index is 12.0. The molecule has 1 heterocycles. The molecule has 152 valence electrons. The van der Waals surface area contributed by atoms with Crippen molar-refractivity contribution < 1.29 is 27.5 Å². The van der Waals surface area contributed by atoms with E-state index in [1.807, 2.05) is 13.0 Å². The molecule has 1 amide bonds. The monoisotopic (exact) mass is 417 g/mol. The first kappa shape index (κ1) is 20.3. The lowest BCUT2D eigenvalue weighted by Crippen LogP contribution is -2.25. The third kappa shape index (κ3) is 4.72. The number of aryl methyl sites for hydroxylation is 1. The van der Waals surface area contributed by atoms with E-state index in [9.17, 15) is 18.0 Å². The van der Waals surface area contributed by atoms with Gasteiger partial charge in [0.05, 0.1) is 17.7 Å². The zero-order valence-electron chi connectivity index (χ0n) is 15.8. The van der Waals surface area contributed by atoms with Gasteiger partial charge in [-0.15, -0.1) is 0 Å². The molecule has 1 aliphatic rings. The highest BCUT2D eigenvalue weighted by Crippen LogP contribution is 2.25. The molecule has 0 aromatic heterocycles. The van der Waals surface area contributed by atoms with Crippen LogP contribution in [-0.4, -0.2) is 46.4 Å². The van der Waals surface area contributed by atoms with E-state index in [0.717, 1.165) is 5.56 Å². The summed E-state index contributed by atoms with van der Waals surface area (Å²) in [7, 11) is -2.20. The molecule has 9 nitrogen and oxygen atoms in total. The number of aliphatic imine (C=N–C) groups is 1. The number of hydrogen-bond acceptors (Lipinski definition) is 7. The highest BCUT2D eigenvalue weighted by molar-refractivity contribution is 7.90. The van der Waals surface area contributed by atoms with Gasteiger partial charge in [-0.3, -0.25) is 19.3 Å². The van der Waals surface area contributed by atoms with E-state index < -0.39 is 35.1 Å². The molecule has 2 aromatic rings. The number of carbonyl (C=O) groups excluding carboxylic acids is 2. The molecule has 0 unspecified atom stereocenters. The van der Waals surface area contributed by atoms with Gasteiger partial charge in [-0.2, -0.15) is 0 Å². The van der Waals surface area contributed by atoms with Crippen LogP contribution < -0.4 is 14.8 Å². The molecule has 0 aliphatic carbocycles. The van der Waals surface area contributed by atoms with Gasteiger partial charge in [-0.05, 0) is 36.8 Å². The highest BCUT2D eigenvalue weighted by atomic mass is 32.2. The Bertz CT molecular complexity index is 1090. The smallest absolute Gasteiger partial charge is 0.328 e. The molecule has 3 rings (SSSR count). The van der Waals surface area contributed by atoms with Gasteiger partial charge in [0.25, 0.3) is 15.9 Å². The average Bonchev–Trinajstić information content (AvgIpc) is 2.95. The van der Waals surface area contributed by atoms with Crippen LogP contribution in [0.5, 0.6) is 5.75 Å². The van der Waals surface area contributed by atoms with Crippen LogP contribution >= 0.6 is 0 Å². The summed E-state index contributed by atoms with van der Waals surface area (Å²) in [5.41, 5.74) is 1.77. The van der Waals surface area contributed by atoms with E-state index in [0.29, 0.717) is 17.0 Å². The maximum absolute atomic E-state index is 12.0. The van der Waals surface area contributed by atoms with Crippen molar-refractivity contribution in [3.8, 4) is 5.75 Å². The minimum absolute atomic E-state index is 0.0616. The number of fused-ring (bicyclic) bond motifs is 1. The quantitative estimate of drug-likeness (QED) is 0.682. The molecule has 0 fully saturated rings. The first-order valence-corrected chi connectivity index (χ1v) is 10.1. The number of sulfonamides is 1. The second-order valence-corrected chi connectivity index (χ2v) is 7.83. The lowest BCUT2D eigenvalue weighted by atomic mass is 10.2. The van der Waals surface area contributed by atoms with E-state index >= 15 is 0 Å². The lowest BCUT2D eigenvalue weighted by Gasteiger charge is -2.11. The van der Waals surface area contributed by atoms with E-state index in [1.165, 1.54) is 13.2 Å². The minimum Gasteiger partial charge on any atom is -0.495 e. The standard InChI is InChI=1S/C19H19N3O6S/c1-12-7-8-15(27-2)14(9-12)21-17(23)11-28-18(24)10-20-19-13-5-3-4-6-16(13)29(25,26)22-19/h3-9H,10-11H2,1-2H3,(H,20,22)(H,21,23). The third-order valence-corrected chi connectivity index (χ3v) is 5.42. The summed E-state index contributed by atoms with van der Waals surface area (Å²) < 4.78 is 36.4. The van der Waals surface area contributed by atoms with Gasteiger partial charge in [0.2, 0.25) is 0 Å². The molecule has 2 N–H and O–H groups in total. The van der Waals surface area contributed by atoms with Gasteiger partial charge in [-0.25, -0.2) is 8.42 Å². The van der Waals surface area contributed by atoms with Crippen LogP contribution in [0, 0.1) is 6.92 Å². The summed E-state index contributed by atoms with van der Waals surface area (Å²) in [6.07, 6.45) is 0. The first-order chi connectivity index (χ1) is 13.8. The Morgan fingerprint density at radius 1 is 1.17 bits per heavy atom. The van der Waals surface area contributed by atoms with E-state index in [1.54, 1.807) is 30.3 Å². The van der Waals surface area contributed by atoms with Gasteiger partial charge >= 0.3 is 5.97 Å². The third-order valence-electron chi connectivity index (χ3n) is 4.02. The van der Waals surface area contributed by atoms with Crippen molar-refractivity contribution >= 4 is 33.4 Å².